The van der Waals surface area contributed by atoms with E-state index in [1.807, 2.05) is 7.05 Å². The lowest BCUT2D eigenvalue weighted by Crippen LogP contribution is -2.48. The Bertz CT molecular complexity index is 161. The van der Waals surface area contributed by atoms with Crippen LogP contribution in [0, 0.1) is 0 Å². The Balaban J connectivity index is 2.40. The molecule has 4 heteroatoms. The molecule has 0 radical (unpaired) electrons. The standard InChI is InChI=1S/C11H24N2O2/c1-12-8-10-6-4-5-7-13(10)9-11(14-2)15-3/h10-12H,4-9H2,1-3H3. The van der Waals surface area contributed by atoms with E-state index in [-0.39, 0.29) is 6.29 Å². The molecule has 15 heavy (non-hydrogen) atoms. The smallest absolute Gasteiger partial charge is 0.169 e. The molecule has 1 unspecified atom stereocenters. The van der Waals surface area contributed by atoms with Crippen LogP contribution < -0.4 is 5.32 Å². The summed E-state index contributed by atoms with van der Waals surface area (Å²) in [5.74, 6) is 0. The van der Waals surface area contributed by atoms with Crippen molar-refractivity contribution in [3.8, 4) is 0 Å². The van der Waals surface area contributed by atoms with E-state index in [9.17, 15) is 0 Å². The van der Waals surface area contributed by atoms with Gasteiger partial charge >= 0.3 is 0 Å². The first-order valence-electron chi connectivity index (χ1n) is 5.76. The van der Waals surface area contributed by atoms with Crippen LogP contribution in [-0.2, 0) is 9.47 Å². The molecular weight excluding hydrogens is 192 g/mol. The summed E-state index contributed by atoms with van der Waals surface area (Å²) in [5.41, 5.74) is 0. The van der Waals surface area contributed by atoms with Gasteiger partial charge in [-0.05, 0) is 26.4 Å². The molecule has 0 aromatic rings. The SMILES string of the molecule is CNCC1CCCCN1CC(OC)OC. The number of nitrogens with zero attached hydrogens (tertiary/aromatic N) is 1. The predicted molar refractivity (Wildman–Crippen MR) is 60.9 cm³/mol. The average Bonchev–Trinajstić information content (AvgIpc) is 2.28. The van der Waals surface area contributed by atoms with Gasteiger partial charge in [0.15, 0.2) is 6.29 Å². The van der Waals surface area contributed by atoms with E-state index in [1.165, 1.54) is 19.3 Å². The lowest BCUT2D eigenvalue weighted by atomic mass is 10.0. The first-order valence-corrected chi connectivity index (χ1v) is 5.76. The number of hydrogen-bond acceptors (Lipinski definition) is 4. The molecule has 1 N–H and O–H groups in total. The Labute approximate surface area is 92.9 Å². The van der Waals surface area contributed by atoms with Crippen LogP contribution in [0.2, 0.25) is 0 Å². The molecule has 1 saturated heterocycles. The number of piperidine rings is 1. The van der Waals surface area contributed by atoms with Gasteiger partial charge in [0, 0.05) is 33.4 Å². The zero-order valence-corrected chi connectivity index (χ0v) is 10.2. The van der Waals surface area contributed by atoms with Crippen molar-refractivity contribution in [2.75, 3.05) is 40.9 Å². The molecule has 0 aromatic carbocycles. The van der Waals surface area contributed by atoms with Crippen molar-refractivity contribution < 1.29 is 9.47 Å². The van der Waals surface area contributed by atoms with Gasteiger partial charge in [-0.3, -0.25) is 4.90 Å². The van der Waals surface area contributed by atoms with E-state index in [2.05, 4.69) is 10.2 Å². The molecule has 1 atom stereocenters. The van der Waals surface area contributed by atoms with Gasteiger partial charge in [0.2, 0.25) is 0 Å². The fourth-order valence-corrected chi connectivity index (χ4v) is 2.20. The molecule has 0 amide bonds. The summed E-state index contributed by atoms with van der Waals surface area (Å²) in [7, 11) is 5.41. The number of rotatable bonds is 6. The van der Waals surface area contributed by atoms with Gasteiger partial charge in [-0.15, -0.1) is 0 Å². The number of likely N-dealkylation sites (N-methyl/N-ethyl adjacent to an activating group) is 1. The van der Waals surface area contributed by atoms with E-state index in [0.29, 0.717) is 6.04 Å². The van der Waals surface area contributed by atoms with Crippen LogP contribution in [0.25, 0.3) is 0 Å². The summed E-state index contributed by atoms with van der Waals surface area (Å²) in [6.45, 7) is 3.09. The van der Waals surface area contributed by atoms with Crippen LogP contribution in [0.4, 0.5) is 0 Å². The predicted octanol–water partition coefficient (Wildman–Crippen LogP) is 0.679. The van der Waals surface area contributed by atoms with Gasteiger partial charge in [-0.25, -0.2) is 0 Å². The van der Waals surface area contributed by atoms with Gasteiger partial charge in [-0.1, -0.05) is 6.42 Å². The van der Waals surface area contributed by atoms with E-state index in [1.54, 1.807) is 14.2 Å². The van der Waals surface area contributed by atoms with Crippen LogP contribution in [0.3, 0.4) is 0 Å². The highest BCUT2D eigenvalue weighted by Crippen LogP contribution is 2.17. The van der Waals surface area contributed by atoms with Crippen LogP contribution >= 0.6 is 0 Å². The number of nitrogens with one attached hydrogen (secondary N) is 1. The maximum Gasteiger partial charge on any atom is 0.169 e. The van der Waals surface area contributed by atoms with Gasteiger partial charge in [-0.2, -0.15) is 0 Å². The minimum Gasteiger partial charge on any atom is -0.355 e. The molecule has 1 aliphatic rings. The molecule has 1 rings (SSSR count). The zero-order valence-electron chi connectivity index (χ0n) is 10.2. The maximum atomic E-state index is 5.24. The van der Waals surface area contributed by atoms with E-state index in [0.717, 1.165) is 19.6 Å². The fraction of sp³-hybridized carbons (Fsp3) is 1.00. The Kier molecular flexibility index (Phi) is 6.17. The van der Waals surface area contributed by atoms with E-state index in [4.69, 9.17) is 9.47 Å². The number of likely N-dealkylation sites (tertiary alicyclic amines) is 1. The van der Waals surface area contributed by atoms with Crippen molar-refractivity contribution >= 4 is 0 Å². The van der Waals surface area contributed by atoms with Gasteiger partial charge in [0.05, 0.1) is 0 Å². The topological polar surface area (TPSA) is 33.7 Å². The third-order valence-corrected chi connectivity index (χ3v) is 3.10. The van der Waals surface area contributed by atoms with Crippen molar-refractivity contribution in [2.24, 2.45) is 0 Å². The highest BCUT2D eigenvalue weighted by Gasteiger charge is 2.24. The quantitative estimate of drug-likeness (QED) is 0.662. The summed E-state index contributed by atoms with van der Waals surface area (Å²) >= 11 is 0. The second-order valence-electron chi connectivity index (χ2n) is 4.10. The van der Waals surface area contributed by atoms with Crippen LogP contribution in [0.5, 0.6) is 0 Å². The number of methoxy groups -OCH3 is 2. The maximum absolute atomic E-state index is 5.24. The molecule has 90 valence electrons. The summed E-state index contributed by atoms with van der Waals surface area (Å²) < 4.78 is 10.5. The molecule has 0 spiro atoms. The van der Waals surface area contributed by atoms with Crippen molar-refractivity contribution in [2.45, 2.75) is 31.6 Å². The largest absolute Gasteiger partial charge is 0.355 e. The molecule has 0 saturated carbocycles. The summed E-state index contributed by atoms with van der Waals surface area (Å²) in [4.78, 5) is 2.47. The zero-order chi connectivity index (χ0) is 11.1. The Morgan fingerprint density at radius 1 is 1.33 bits per heavy atom. The van der Waals surface area contributed by atoms with Crippen molar-refractivity contribution in [1.82, 2.24) is 10.2 Å². The highest BCUT2D eigenvalue weighted by atomic mass is 16.7. The Morgan fingerprint density at radius 3 is 2.67 bits per heavy atom. The Hall–Kier alpha value is -0.160. The molecule has 1 fully saturated rings. The summed E-state index contributed by atoms with van der Waals surface area (Å²) in [5, 5.41) is 3.25. The van der Waals surface area contributed by atoms with Gasteiger partial charge in [0.25, 0.3) is 0 Å². The van der Waals surface area contributed by atoms with Crippen molar-refractivity contribution in [3.63, 3.8) is 0 Å². The third kappa shape index (κ3) is 4.07. The van der Waals surface area contributed by atoms with Crippen LogP contribution in [-0.4, -0.2) is 58.1 Å². The van der Waals surface area contributed by atoms with Gasteiger partial charge < -0.3 is 14.8 Å². The van der Waals surface area contributed by atoms with Crippen molar-refractivity contribution in [1.29, 1.82) is 0 Å². The second-order valence-corrected chi connectivity index (χ2v) is 4.10. The fourth-order valence-electron chi connectivity index (χ4n) is 2.20. The minimum atomic E-state index is -0.0949. The third-order valence-electron chi connectivity index (χ3n) is 3.10. The lowest BCUT2D eigenvalue weighted by Gasteiger charge is -2.37. The summed E-state index contributed by atoms with van der Waals surface area (Å²) in [6, 6.07) is 0.636. The number of ether oxygens (including phenoxy) is 2. The monoisotopic (exact) mass is 216 g/mol. The lowest BCUT2D eigenvalue weighted by molar-refractivity contribution is -0.122. The average molecular weight is 216 g/mol. The molecular formula is C11H24N2O2. The highest BCUT2D eigenvalue weighted by molar-refractivity contribution is 4.78. The first kappa shape index (κ1) is 12.9. The van der Waals surface area contributed by atoms with Crippen LogP contribution in [0.1, 0.15) is 19.3 Å². The molecule has 0 bridgehead atoms. The molecule has 0 aliphatic carbocycles. The van der Waals surface area contributed by atoms with E-state index < -0.39 is 0 Å². The first-order chi connectivity index (χ1) is 7.31. The second kappa shape index (κ2) is 7.17. The minimum absolute atomic E-state index is 0.0949. The normalized spacial score (nSPS) is 23.6. The number of hydrogen-bond donors (Lipinski definition) is 1. The summed E-state index contributed by atoms with van der Waals surface area (Å²) in [6.07, 6.45) is 3.82. The molecule has 1 heterocycles. The molecule has 4 nitrogen and oxygen atoms in total. The molecule has 0 aromatic heterocycles. The molecule has 1 aliphatic heterocycles. The van der Waals surface area contributed by atoms with Crippen molar-refractivity contribution in [3.05, 3.63) is 0 Å². The van der Waals surface area contributed by atoms with Gasteiger partial charge in [0.1, 0.15) is 0 Å². The Morgan fingerprint density at radius 2 is 2.07 bits per heavy atom. The van der Waals surface area contributed by atoms with E-state index >= 15 is 0 Å². The van der Waals surface area contributed by atoms with Crippen LogP contribution in [0.15, 0.2) is 0 Å².